The minimum atomic E-state index is 0. The third-order valence-corrected chi connectivity index (χ3v) is 4.33. The number of rotatable bonds is 5. The summed E-state index contributed by atoms with van der Waals surface area (Å²) in [7, 11) is 0. The number of carbonyl (C=O) groups excluding carboxylic acids is 1. The Morgan fingerprint density at radius 2 is 1.91 bits per heavy atom. The van der Waals surface area contributed by atoms with Crippen molar-refractivity contribution in [2.75, 3.05) is 39.4 Å². The van der Waals surface area contributed by atoms with Crippen molar-refractivity contribution in [1.29, 1.82) is 0 Å². The predicted octanol–water partition coefficient (Wildman–Crippen LogP) is 1.67. The maximum atomic E-state index is 12.4. The Balaban J connectivity index is 0.00000220. The van der Waals surface area contributed by atoms with E-state index in [0.29, 0.717) is 18.4 Å². The number of nitrogens with two attached hydrogens (primary N) is 1. The molecule has 0 spiro atoms. The predicted molar refractivity (Wildman–Crippen MR) is 94.0 cm³/mol. The number of amides is 1. The molecular weight excluding hydrogens is 325 g/mol. The van der Waals surface area contributed by atoms with Crippen LogP contribution in [0.25, 0.3) is 0 Å². The van der Waals surface area contributed by atoms with Crippen molar-refractivity contribution in [3.05, 3.63) is 0 Å². The Labute approximate surface area is 146 Å². The fourth-order valence-electron chi connectivity index (χ4n) is 3.10. The first kappa shape index (κ1) is 21.9. The number of ether oxygens (including phenoxy) is 1. The quantitative estimate of drug-likeness (QED) is 0.814. The Bertz CT molecular complexity index is 313. The molecule has 0 bridgehead atoms. The zero-order chi connectivity index (χ0) is 14.4. The number of carbonyl (C=O) groups is 1. The molecule has 0 aromatic heterocycles. The lowest BCUT2D eigenvalue weighted by Crippen LogP contribution is -2.51. The second kappa shape index (κ2) is 11.5. The van der Waals surface area contributed by atoms with E-state index in [1.54, 1.807) is 0 Å². The van der Waals surface area contributed by atoms with Crippen LogP contribution in [-0.4, -0.2) is 67.2 Å². The van der Waals surface area contributed by atoms with Gasteiger partial charge in [-0.1, -0.05) is 0 Å². The first-order valence-electron chi connectivity index (χ1n) is 8.02. The van der Waals surface area contributed by atoms with Gasteiger partial charge in [-0.2, -0.15) is 0 Å². The van der Waals surface area contributed by atoms with Crippen molar-refractivity contribution < 1.29 is 9.53 Å². The minimum absolute atomic E-state index is 0. The molecule has 2 aliphatic heterocycles. The van der Waals surface area contributed by atoms with E-state index in [9.17, 15) is 4.79 Å². The molecule has 132 valence electrons. The van der Waals surface area contributed by atoms with Crippen LogP contribution in [0.4, 0.5) is 0 Å². The summed E-state index contributed by atoms with van der Waals surface area (Å²) in [4.78, 5) is 16.9. The van der Waals surface area contributed by atoms with Crippen LogP contribution in [0.3, 0.4) is 0 Å². The number of morpholine rings is 1. The molecule has 0 radical (unpaired) electrons. The van der Waals surface area contributed by atoms with Gasteiger partial charge in [0, 0.05) is 44.7 Å². The van der Waals surface area contributed by atoms with Gasteiger partial charge in [-0.05, 0) is 32.6 Å². The van der Waals surface area contributed by atoms with Gasteiger partial charge in [0.1, 0.15) is 0 Å². The third kappa shape index (κ3) is 7.01. The molecule has 2 unspecified atom stereocenters. The van der Waals surface area contributed by atoms with Gasteiger partial charge in [0.05, 0.1) is 13.2 Å². The van der Waals surface area contributed by atoms with Crippen LogP contribution in [-0.2, 0) is 9.53 Å². The van der Waals surface area contributed by atoms with Gasteiger partial charge in [-0.25, -0.2) is 0 Å². The fourth-order valence-corrected chi connectivity index (χ4v) is 3.10. The maximum absolute atomic E-state index is 12.4. The van der Waals surface area contributed by atoms with Gasteiger partial charge in [-0.15, -0.1) is 24.8 Å². The molecule has 2 fully saturated rings. The molecule has 22 heavy (non-hydrogen) atoms. The van der Waals surface area contributed by atoms with Gasteiger partial charge in [0.15, 0.2) is 0 Å². The normalized spacial score (nSPS) is 24.1. The van der Waals surface area contributed by atoms with Crippen LogP contribution in [0.15, 0.2) is 0 Å². The van der Waals surface area contributed by atoms with Gasteiger partial charge in [0.25, 0.3) is 0 Å². The van der Waals surface area contributed by atoms with Gasteiger partial charge >= 0.3 is 0 Å². The number of hydrogen-bond donors (Lipinski definition) is 1. The van der Waals surface area contributed by atoms with Gasteiger partial charge in [0.2, 0.25) is 5.91 Å². The molecule has 2 heterocycles. The molecular formula is C15H31Cl2N3O2. The van der Waals surface area contributed by atoms with Crippen LogP contribution in [0.2, 0.25) is 0 Å². The average Bonchev–Trinajstić information content (AvgIpc) is 2.46. The lowest BCUT2D eigenvalue weighted by Gasteiger charge is -2.39. The fraction of sp³-hybridized carbons (Fsp3) is 0.933. The molecule has 5 nitrogen and oxygen atoms in total. The number of nitrogens with zero attached hydrogens (tertiary/aromatic N) is 2. The highest BCUT2D eigenvalue weighted by Crippen LogP contribution is 2.20. The second-order valence-corrected chi connectivity index (χ2v) is 6.17. The Kier molecular flexibility index (Phi) is 11.4. The lowest BCUT2D eigenvalue weighted by molar-refractivity contribution is -0.135. The highest BCUT2D eigenvalue weighted by molar-refractivity contribution is 5.85. The van der Waals surface area contributed by atoms with Crippen molar-refractivity contribution in [1.82, 2.24) is 9.80 Å². The van der Waals surface area contributed by atoms with E-state index in [-0.39, 0.29) is 30.9 Å². The van der Waals surface area contributed by atoms with E-state index in [2.05, 4.69) is 9.80 Å². The van der Waals surface area contributed by atoms with Crippen LogP contribution in [0.5, 0.6) is 0 Å². The molecule has 0 aromatic rings. The molecule has 0 aliphatic carbocycles. The van der Waals surface area contributed by atoms with Crippen molar-refractivity contribution >= 4 is 30.7 Å². The minimum Gasteiger partial charge on any atom is -0.379 e. The lowest BCUT2D eigenvalue weighted by atomic mass is 10.00. The zero-order valence-electron chi connectivity index (χ0n) is 13.5. The second-order valence-electron chi connectivity index (χ2n) is 6.17. The molecule has 1 amide bonds. The summed E-state index contributed by atoms with van der Waals surface area (Å²) in [6.07, 6.45) is 4.91. The van der Waals surface area contributed by atoms with E-state index < -0.39 is 0 Å². The van der Waals surface area contributed by atoms with E-state index in [1.165, 1.54) is 6.42 Å². The summed E-state index contributed by atoms with van der Waals surface area (Å²) in [6.45, 7) is 7.54. The van der Waals surface area contributed by atoms with E-state index >= 15 is 0 Å². The van der Waals surface area contributed by atoms with E-state index in [4.69, 9.17) is 10.5 Å². The molecule has 2 atom stereocenters. The molecule has 0 aromatic carbocycles. The summed E-state index contributed by atoms with van der Waals surface area (Å²) in [5.74, 6) is 0.292. The van der Waals surface area contributed by atoms with Crippen molar-refractivity contribution in [3.63, 3.8) is 0 Å². The smallest absolute Gasteiger partial charge is 0.222 e. The van der Waals surface area contributed by atoms with Crippen LogP contribution in [0, 0.1) is 0 Å². The van der Waals surface area contributed by atoms with Crippen molar-refractivity contribution in [3.8, 4) is 0 Å². The average molecular weight is 356 g/mol. The molecule has 2 saturated heterocycles. The van der Waals surface area contributed by atoms with Crippen LogP contribution < -0.4 is 5.73 Å². The number of piperidine rings is 1. The summed E-state index contributed by atoms with van der Waals surface area (Å²) in [5, 5.41) is 0. The molecule has 2 rings (SSSR count). The highest BCUT2D eigenvalue weighted by Gasteiger charge is 2.28. The summed E-state index contributed by atoms with van der Waals surface area (Å²) >= 11 is 0. The monoisotopic (exact) mass is 355 g/mol. The molecule has 7 heteroatoms. The zero-order valence-corrected chi connectivity index (χ0v) is 15.2. The first-order chi connectivity index (χ1) is 9.66. The number of halogens is 2. The Morgan fingerprint density at radius 1 is 1.23 bits per heavy atom. The van der Waals surface area contributed by atoms with Gasteiger partial charge in [-0.3, -0.25) is 9.69 Å². The van der Waals surface area contributed by atoms with E-state index in [1.807, 2.05) is 6.92 Å². The maximum Gasteiger partial charge on any atom is 0.222 e. The summed E-state index contributed by atoms with van der Waals surface area (Å²) in [5.41, 5.74) is 5.76. The Morgan fingerprint density at radius 3 is 2.55 bits per heavy atom. The van der Waals surface area contributed by atoms with Gasteiger partial charge < -0.3 is 15.4 Å². The number of likely N-dealkylation sites (tertiary alicyclic amines) is 1. The molecule has 0 saturated carbocycles. The van der Waals surface area contributed by atoms with Crippen molar-refractivity contribution in [2.24, 2.45) is 5.73 Å². The van der Waals surface area contributed by atoms with Crippen LogP contribution in [0.1, 0.15) is 39.0 Å². The van der Waals surface area contributed by atoms with Crippen molar-refractivity contribution in [2.45, 2.75) is 51.1 Å². The van der Waals surface area contributed by atoms with Crippen LogP contribution >= 0.6 is 24.8 Å². The summed E-state index contributed by atoms with van der Waals surface area (Å²) in [6, 6.07) is 0.504. The highest BCUT2D eigenvalue weighted by atomic mass is 35.5. The standard InChI is InChI=1S/C15H29N3O2.2ClH/c1-13(16)5-6-15(19)18-7-3-2-4-14(18)12-17-8-10-20-11-9-17;;/h13-14H,2-12,16H2,1H3;2*1H. The first-order valence-corrected chi connectivity index (χ1v) is 8.02. The largest absolute Gasteiger partial charge is 0.379 e. The van der Waals surface area contributed by atoms with E-state index in [0.717, 1.165) is 58.7 Å². The molecule has 2 N–H and O–H groups in total. The Hall–Kier alpha value is -0.0700. The molecule has 2 aliphatic rings. The SMILES string of the molecule is CC(N)CCC(=O)N1CCCCC1CN1CCOCC1.Cl.Cl. The number of hydrogen-bond acceptors (Lipinski definition) is 4. The third-order valence-electron chi connectivity index (χ3n) is 4.33. The topological polar surface area (TPSA) is 58.8 Å². The summed E-state index contributed by atoms with van der Waals surface area (Å²) < 4.78 is 5.39.